The number of rotatable bonds is 3. The van der Waals surface area contributed by atoms with Crippen molar-refractivity contribution in [2.75, 3.05) is 24.5 Å². The SMILES string of the molecule is CC1(CN)CCN(c2cnc3c(-c4cccc(Cl)c4Br)n[nH]c3n2)CC1. The molecule has 3 aromatic rings. The summed E-state index contributed by atoms with van der Waals surface area (Å²) in [6.45, 7) is 4.86. The topological polar surface area (TPSA) is 83.7 Å². The number of H-pyrrole nitrogens is 1. The molecule has 0 bridgehead atoms. The van der Waals surface area contributed by atoms with E-state index in [1.807, 2.05) is 24.4 Å². The van der Waals surface area contributed by atoms with Crippen molar-refractivity contribution in [2.24, 2.45) is 11.1 Å². The molecule has 1 fully saturated rings. The second-order valence-electron chi connectivity index (χ2n) is 7.10. The van der Waals surface area contributed by atoms with Crippen LogP contribution in [0.1, 0.15) is 19.8 Å². The number of anilines is 1. The van der Waals surface area contributed by atoms with Gasteiger partial charge in [-0.05, 0) is 46.8 Å². The molecule has 1 aliphatic rings. The molecule has 4 rings (SSSR count). The van der Waals surface area contributed by atoms with Crippen LogP contribution in [0.5, 0.6) is 0 Å². The monoisotopic (exact) mass is 434 g/mol. The Morgan fingerprint density at radius 2 is 2.12 bits per heavy atom. The number of fused-ring (bicyclic) bond motifs is 1. The Morgan fingerprint density at radius 1 is 1.35 bits per heavy atom. The predicted octanol–water partition coefficient (Wildman–Crippen LogP) is 4.00. The van der Waals surface area contributed by atoms with Crippen molar-refractivity contribution in [3.05, 3.63) is 33.9 Å². The third kappa shape index (κ3) is 3.08. The number of halogens is 2. The van der Waals surface area contributed by atoms with Gasteiger partial charge in [0.2, 0.25) is 0 Å². The van der Waals surface area contributed by atoms with E-state index in [0.717, 1.165) is 59.5 Å². The lowest BCUT2D eigenvalue weighted by Gasteiger charge is -2.39. The minimum absolute atomic E-state index is 0.230. The fourth-order valence-corrected chi connectivity index (χ4v) is 3.93. The Morgan fingerprint density at radius 3 is 2.85 bits per heavy atom. The van der Waals surface area contributed by atoms with E-state index in [-0.39, 0.29) is 5.41 Å². The van der Waals surface area contributed by atoms with Crippen molar-refractivity contribution in [1.29, 1.82) is 0 Å². The largest absolute Gasteiger partial charge is 0.355 e. The van der Waals surface area contributed by atoms with Gasteiger partial charge in [0, 0.05) is 23.1 Å². The van der Waals surface area contributed by atoms with E-state index in [1.54, 1.807) is 0 Å². The van der Waals surface area contributed by atoms with Crippen LogP contribution in [0.25, 0.3) is 22.4 Å². The molecule has 3 heterocycles. The summed E-state index contributed by atoms with van der Waals surface area (Å²) >= 11 is 9.74. The van der Waals surface area contributed by atoms with Gasteiger partial charge in [0.15, 0.2) is 5.65 Å². The molecule has 0 amide bonds. The van der Waals surface area contributed by atoms with Crippen LogP contribution in [0.2, 0.25) is 5.02 Å². The number of hydrogen-bond acceptors (Lipinski definition) is 5. The molecule has 0 spiro atoms. The molecular weight excluding hydrogens is 416 g/mol. The van der Waals surface area contributed by atoms with Gasteiger partial charge in [-0.25, -0.2) is 9.97 Å². The number of nitrogens with one attached hydrogen (secondary N) is 1. The van der Waals surface area contributed by atoms with Crippen LogP contribution in [-0.4, -0.2) is 39.8 Å². The summed E-state index contributed by atoms with van der Waals surface area (Å²) in [5, 5.41) is 8.06. The zero-order chi connectivity index (χ0) is 18.3. The van der Waals surface area contributed by atoms with Crippen molar-refractivity contribution < 1.29 is 0 Å². The lowest BCUT2D eigenvalue weighted by molar-refractivity contribution is 0.258. The fraction of sp³-hybridized carbons (Fsp3) is 0.389. The molecule has 0 radical (unpaired) electrons. The summed E-state index contributed by atoms with van der Waals surface area (Å²) in [4.78, 5) is 11.6. The van der Waals surface area contributed by atoms with E-state index in [0.29, 0.717) is 10.7 Å². The van der Waals surface area contributed by atoms with Crippen LogP contribution in [-0.2, 0) is 0 Å². The molecule has 8 heteroatoms. The van der Waals surface area contributed by atoms with Gasteiger partial charge >= 0.3 is 0 Å². The van der Waals surface area contributed by atoms with Crippen molar-refractivity contribution in [3.8, 4) is 11.3 Å². The third-order valence-electron chi connectivity index (χ3n) is 5.25. The Kier molecular flexibility index (Phi) is 4.62. The smallest absolute Gasteiger partial charge is 0.177 e. The van der Waals surface area contributed by atoms with Gasteiger partial charge in [-0.3, -0.25) is 5.10 Å². The molecule has 0 atom stereocenters. The van der Waals surface area contributed by atoms with Gasteiger partial charge in [0.05, 0.1) is 11.2 Å². The summed E-state index contributed by atoms with van der Waals surface area (Å²) in [5.41, 5.74) is 9.18. The molecular formula is C18H20BrClN6. The second kappa shape index (κ2) is 6.79. The lowest BCUT2D eigenvalue weighted by Crippen LogP contribution is -2.42. The number of aromatic nitrogens is 4. The first-order valence-electron chi connectivity index (χ1n) is 8.61. The lowest BCUT2D eigenvalue weighted by atomic mass is 9.80. The average molecular weight is 436 g/mol. The molecule has 3 N–H and O–H groups in total. The molecule has 136 valence electrons. The summed E-state index contributed by atoms with van der Waals surface area (Å²) in [6, 6.07) is 5.69. The van der Waals surface area contributed by atoms with E-state index in [4.69, 9.17) is 22.3 Å². The summed E-state index contributed by atoms with van der Waals surface area (Å²) in [6.07, 6.45) is 3.95. The molecule has 1 aliphatic heterocycles. The van der Waals surface area contributed by atoms with Crippen LogP contribution in [0, 0.1) is 5.41 Å². The summed E-state index contributed by atoms with van der Waals surface area (Å²) in [7, 11) is 0. The summed E-state index contributed by atoms with van der Waals surface area (Å²) in [5.74, 6) is 0.872. The van der Waals surface area contributed by atoms with E-state index in [2.05, 4.69) is 42.9 Å². The highest BCUT2D eigenvalue weighted by Crippen LogP contribution is 2.36. The van der Waals surface area contributed by atoms with Crippen molar-refractivity contribution in [1.82, 2.24) is 20.2 Å². The van der Waals surface area contributed by atoms with Gasteiger partial charge in [0.25, 0.3) is 0 Å². The zero-order valence-electron chi connectivity index (χ0n) is 14.5. The van der Waals surface area contributed by atoms with Crippen LogP contribution in [0.4, 0.5) is 5.82 Å². The molecule has 1 saturated heterocycles. The first kappa shape index (κ1) is 17.7. The summed E-state index contributed by atoms with van der Waals surface area (Å²) < 4.78 is 0.804. The molecule has 1 aromatic carbocycles. The van der Waals surface area contributed by atoms with Gasteiger partial charge in [0.1, 0.15) is 17.0 Å². The Labute approximate surface area is 165 Å². The van der Waals surface area contributed by atoms with Gasteiger partial charge in [-0.1, -0.05) is 30.7 Å². The van der Waals surface area contributed by atoms with Crippen molar-refractivity contribution >= 4 is 44.5 Å². The Balaban J connectivity index is 1.65. The van der Waals surface area contributed by atoms with E-state index >= 15 is 0 Å². The van der Waals surface area contributed by atoms with E-state index in [1.165, 1.54) is 0 Å². The second-order valence-corrected chi connectivity index (χ2v) is 8.30. The van der Waals surface area contributed by atoms with E-state index < -0.39 is 0 Å². The number of aromatic amines is 1. The first-order valence-corrected chi connectivity index (χ1v) is 9.78. The minimum Gasteiger partial charge on any atom is -0.355 e. The van der Waals surface area contributed by atoms with Crippen LogP contribution in [0.3, 0.4) is 0 Å². The minimum atomic E-state index is 0.230. The zero-order valence-corrected chi connectivity index (χ0v) is 16.8. The highest BCUT2D eigenvalue weighted by Gasteiger charge is 2.29. The Bertz CT molecular complexity index is 948. The third-order valence-corrected chi connectivity index (χ3v) is 6.65. The quantitative estimate of drug-likeness (QED) is 0.649. The van der Waals surface area contributed by atoms with Crippen molar-refractivity contribution in [2.45, 2.75) is 19.8 Å². The number of nitrogens with two attached hydrogens (primary N) is 1. The maximum atomic E-state index is 6.21. The predicted molar refractivity (Wildman–Crippen MR) is 108 cm³/mol. The number of hydrogen-bond donors (Lipinski definition) is 2. The highest BCUT2D eigenvalue weighted by molar-refractivity contribution is 9.10. The van der Waals surface area contributed by atoms with Crippen molar-refractivity contribution in [3.63, 3.8) is 0 Å². The molecule has 26 heavy (non-hydrogen) atoms. The average Bonchev–Trinajstić information content (AvgIpc) is 3.07. The number of benzene rings is 1. The van der Waals surface area contributed by atoms with Gasteiger partial charge in [-0.2, -0.15) is 5.10 Å². The number of piperidine rings is 1. The van der Waals surface area contributed by atoms with Crippen LogP contribution >= 0.6 is 27.5 Å². The molecule has 2 aromatic heterocycles. The normalized spacial score (nSPS) is 17.0. The maximum absolute atomic E-state index is 6.21. The van der Waals surface area contributed by atoms with Crippen LogP contribution < -0.4 is 10.6 Å². The van der Waals surface area contributed by atoms with E-state index in [9.17, 15) is 0 Å². The molecule has 0 aliphatic carbocycles. The van der Waals surface area contributed by atoms with Gasteiger partial charge in [-0.15, -0.1) is 0 Å². The maximum Gasteiger partial charge on any atom is 0.177 e. The molecule has 0 unspecified atom stereocenters. The molecule has 6 nitrogen and oxygen atoms in total. The van der Waals surface area contributed by atoms with Gasteiger partial charge < -0.3 is 10.6 Å². The number of nitrogens with zero attached hydrogens (tertiary/aromatic N) is 4. The standard InChI is InChI=1S/C18H20BrClN6/c1-18(10-21)5-7-26(8-6-18)13-9-22-16-15(24-25-17(16)23-13)11-3-2-4-12(20)14(11)19/h2-4,9H,5-8,10,21H2,1H3,(H,23,24,25). The fourth-order valence-electron chi connectivity index (χ4n) is 3.30. The Hall–Kier alpha value is -1.70. The van der Waals surface area contributed by atoms with Crippen LogP contribution in [0.15, 0.2) is 28.9 Å². The highest BCUT2D eigenvalue weighted by atomic mass is 79.9. The molecule has 0 saturated carbocycles. The first-order chi connectivity index (χ1) is 12.5.